The molecule has 0 saturated heterocycles. The SMILES string of the molecule is Cc1ccc(C(CN)N(C)c2ccccc2)cc1Br. The van der Waals surface area contributed by atoms with Gasteiger partial charge in [-0.2, -0.15) is 0 Å². The second kappa shape index (κ2) is 6.22. The lowest BCUT2D eigenvalue weighted by atomic mass is 10.0. The van der Waals surface area contributed by atoms with Gasteiger partial charge in [-0.25, -0.2) is 0 Å². The molecule has 0 radical (unpaired) electrons. The van der Waals surface area contributed by atoms with Crippen molar-refractivity contribution in [3.8, 4) is 0 Å². The predicted molar refractivity (Wildman–Crippen MR) is 85.5 cm³/mol. The van der Waals surface area contributed by atoms with Crippen LogP contribution in [0.4, 0.5) is 5.69 Å². The molecule has 2 nitrogen and oxygen atoms in total. The molecular formula is C16H19BrN2. The topological polar surface area (TPSA) is 29.3 Å². The first-order chi connectivity index (χ1) is 9.13. The van der Waals surface area contributed by atoms with Crippen molar-refractivity contribution < 1.29 is 0 Å². The average Bonchev–Trinajstić information content (AvgIpc) is 2.44. The van der Waals surface area contributed by atoms with Gasteiger partial charge in [0.05, 0.1) is 6.04 Å². The number of anilines is 1. The fourth-order valence-corrected chi connectivity index (χ4v) is 2.57. The molecule has 0 heterocycles. The first-order valence-corrected chi connectivity index (χ1v) is 7.16. The summed E-state index contributed by atoms with van der Waals surface area (Å²) in [4.78, 5) is 2.22. The van der Waals surface area contributed by atoms with E-state index in [0.717, 1.165) is 4.47 Å². The van der Waals surface area contributed by atoms with E-state index in [0.29, 0.717) is 6.54 Å². The smallest absolute Gasteiger partial charge is 0.0661 e. The van der Waals surface area contributed by atoms with Gasteiger partial charge in [0, 0.05) is 23.8 Å². The Morgan fingerprint density at radius 1 is 1.16 bits per heavy atom. The van der Waals surface area contributed by atoms with Crippen LogP contribution in [0.2, 0.25) is 0 Å². The Hall–Kier alpha value is -1.32. The third-order valence-corrected chi connectivity index (χ3v) is 4.29. The summed E-state index contributed by atoms with van der Waals surface area (Å²) in [5.74, 6) is 0. The molecule has 1 atom stereocenters. The minimum atomic E-state index is 0.180. The number of nitrogens with zero attached hydrogens (tertiary/aromatic N) is 1. The summed E-state index contributed by atoms with van der Waals surface area (Å²) in [5, 5.41) is 0. The van der Waals surface area contributed by atoms with Crippen molar-refractivity contribution in [2.75, 3.05) is 18.5 Å². The lowest BCUT2D eigenvalue weighted by Gasteiger charge is -2.29. The molecule has 0 fully saturated rings. The number of halogens is 1. The van der Waals surface area contributed by atoms with E-state index >= 15 is 0 Å². The molecule has 3 heteroatoms. The molecule has 2 rings (SSSR count). The van der Waals surface area contributed by atoms with Gasteiger partial charge < -0.3 is 10.6 Å². The van der Waals surface area contributed by atoms with Crippen molar-refractivity contribution in [2.45, 2.75) is 13.0 Å². The monoisotopic (exact) mass is 318 g/mol. The molecule has 0 spiro atoms. The van der Waals surface area contributed by atoms with E-state index < -0.39 is 0 Å². The highest BCUT2D eigenvalue weighted by Crippen LogP contribution is 2.27. The summed E-state index contributed by atoms with van der Waals surface area (Å²) in [6, 6.07) is 16.9. The Balaban J connectivity index is 2.31. The van der Waals surface area contributed by atoms with E-state index in [1.807, 2.05) is 18.2 Å². The van der Waals surface area contributed by atoms with Crippen LogP contribution in [-0.4, -0.2) is 13.6 Å². The van der Waals surface area contributed by atoms with Gasteiger partial charge in [-0.1, -0.05) is 46.3 Å². The zero-order valence-electron chi connectivity index (χ0n) is 11.3. The third kappa shape index (κ3) is 3.17. The minimum absolute atomic E-state index is 0.180. The van der Waals surface area contributed by atoms with E-state index in [9.17, 15) is 0 Å². The van der Waals surface area contributed by atoms with Gasteiger partial charge >= 0.3 is 0 Å². The molecule has 2 N–H and O–H groups in total. The van der Waals surface area contributed by atoms with E-state index in [4.69, 9.17) is 5.73 Å². The maximum atomic E-state index is 5.97. The number of hydrogen-bond acceptors (Lipinski definition) is 2. The molecule has 2 aromatic carbocycles. The van der Waals surface area contributed by atoms with E-state index in [1.54, 1.807) is 0 Å². The molecule has 2 aromatic rings. The van der Waals surface area contributed by atoms with Crippen LogP contribution in [0.5, 0.6) is 0 Å². The second-order valence-electron chi connectivity index (χ2n) is 4.71. The number of aryl methyl sites for hydroxylation is 1. The Kier molecular flexibility index (Phi) is 4.61. The maximum absolute atomic E-state index is 5.97. The van der Waals surface area contributed by atoms with Gasteiger partial charge in [0.25, 0.3) is 0 Å². The van der Waals surface area contributed by atoms with Crippen molar-refractivity contribution >= 4 is 21.6 Å². The number of para-hydroxylation sites is 1. The van der Waals surface area contributed by atoms with Crippen LogP contribution in [-0.2, 0) is 0 Å². The molecule has 0 aliphatic carbocycles. The van der Waals surface area contributed by atoms with Gasteiger partial charge in [-0.05, 0) is 36.2 Å². The second-order valence-corrected chi connectivity index (χ2v) is 5.56. The zero-order valence-corrected chi connectivity index (χ0v) is 12.9. The summed E-state index contributed by atoms with van der Waals surface area (Å²) < 4.78 is 1.13. The zero-order chi connectivity index (χ0) is 13.8. The molecule has 0 bridgehead atoms. The fourth-order valence-electron chi connectivity index (χ4n) is 2.18. The van der Waals surface area contributed by atoms with Crippen LogP contribution in [0.1, 0.15) is 17.2 Å². The number of likely N-dealkylation sites (N-methyl/N-ethyl adjacent to an activating group) is 1. The van der Waals surface area contributed by atoms with Crippen LogP contribution in [0.25, 0.3) is 0 Å². The minimum Gasteiger partial charge on any atom is -0.366 e. The summed E-state index contributed by atoms with van der Waals surface area (Å²) in [7, 11) is 2.08. The Morgan fingerprint density at radius 2 is 1.84 bits per heavy atom. The number of hydrogen-bond donors (Lipinski definition) is 1. The van der Waals surface area contributed by atoms with Crippen molar-refractivity contribution in [1.29, 1.82) is 0 Å². The Labute approximate surface area is 123 Å². The number of rotatable bonds is 4. The Morgan fingerprint density at radius 3 is 2.42 bits per heavy atom. The summed E-state index contributed by atoms with van der Waals surface area (Å²) in [6.45, 7) is 2.67. The first kappa shape index (κ1) is 14.1. The summed E-state index contributed by atoms with van der Waals surface area (Å²) in [6.07, 6.45) is 0. The highest BCUT2D eigenvalue weighted by atomic mass is 79.9. The predicted octanol–water partition coefficient (Wildman–Crippen LogP) is 3.89. The van der Waals surface area contributed by atoms with Crippen LogP contribution >= 0.6 is 15.9 Å². The van der Waals surface area contributed by atoms with E-state index in [1.165, 1.54) is 16.8 Å². The van der Waals surface area contributed by atoms with Gasteiger partial charge in [-0.15, -0.1) is 0 Å². The van der Waals surface area contributed by atoms with Crippen LogP contribution in [0.3, 0.4) is 0 Å². The lowest BCUT2D eigenvalue weighted by molar-refractivity contribution is 0.680. The van der Waals surface area contributed by atoms with Crippen molar-refractivity contribution in [3.63, 3.8) is 0 Å². The van der Waals surface area contributed by atoms with Gasteiger partial charge in [-0.3, -0.25) is 0 Å². The van der Waals surface area contributed by atoms with Crippen LogP contribution in [0, 0.1) is 6.92 Å². The molecular weight excluding hydrogens is 300 g/mol. The average molecular weight is 319 g/mol. The molecule has 100 valence electrons. The fraction of sp³-hybridized carbons (Fsp3) is 0.250. The Bertz CT molecular complexity index is 540. The molecule has 0 saturated carbocycles. The lowest BCUT2D eigenvalue weighted by Crippen LogP contribution is -2.30. The van der Waals surface area contributed by atoms with E-state index in [2.05, 4.69) is 65.1 Å². The van der Waals surface area contributed by atoms with Gasteiger partial charge in [0.15, 0.2) is 0 Å². The first-order valence-electron chi connectivity index (χ1n) is 6.37. The molecule has 1 unspecified atom stereocenters. The van der Waals surface area contributed by atoms with Crippen LogP contribution < -0.4 is 10.6 Å². The molecule has 0 amide bonds. The largest absolute Gasteiger partial charge is 0.366 e. The third-order valence-electron chi connectivity index (χ3n) is 3.43. The van der Waals surface area contributed by atoms with Crippen molar-refractivity contribution in [3.05, 3.63) is 64.1 Å². The number of benzene rings is 2. The van der Waals surface area contributed by atoms with E-state index in [-0.39, 0.29) is 6.04 Å². The van der Waals surface area contributed by atoms with Crippen LogP contribution in [0.15, 0.2) is 53.0 Å². The summed E-state index contributed by atoms with van der Waals surface area (Å²) in [5.41, 5.74) is 9.62. The standard InChI is InChI=1S/C16H19BrN2/c1-12-8-9-13(10-15(12)17)16(11-18)19(2)14-6-4-3-5-7-14/h3-10,16H,11,18H2,1-2H3. The van der Waals surface area contributed by atoms with Crippen molar-refractivity contribution in [1.82, 2.24) is 0 Å². The maximum Gasteiger partial charge on any atom is 0.0661 e. The van der Waals surface area contributed by atoms with Gasteiger partial charge in [0.1, 0.15) is 0 Å². The van der Waals surface area contributed by atoms with Crippen molar-refractivity contribution in [2.24, 2.45) is 5.73 Å². The highest BCUT2D eigenvalue weighted by Gasteiger charge is 2.16. The highest BCUT2D eigenvalue weighted by molar-refractivity contribution is 9.10. The van der Waals surface area contributed by atoms with Gasteiger partial charge in [0.2, 0.25) is 0 Å². The molecule has 0 aliphatic heterocycles. The molecule has 0 aromatic heterocycles. The molecule has 0 aliphatic rings. The summed E-state index contributed by atoms with van der Waals surface area (Å²) >= 11 is 3.59. The quantitative estimate of drug-likeness (QED) is 0.926. The molecule has 19 heavy (non-hydrogen) atoms. The normalized spacial score (nSPS) is 12.2. The number of nitrogens with two attached hydrogens (primary N) is 1.